The largest absolute Gasteiger partial charge is 0.376 e. The Morgan fingerprint density at radius 3 is 1.23 bits per heavy atom. The van der Waals surface area contributed by atoms with E-state index in [4.69, 9.17) is 0 Å². The van der Waals surface area contributed by atoms with E-state index in [1.54, 1.807) is 0 Å². The number of rotatable bonds is 2. The van der Waals surface area contributed by atoms with E-state index < -0.39 is 5.60 Å². The number of aliphatic hydroxyl groups is 1. The van der Waals surface area contributed by atoms with Crippen LogP contribution in [0.5, 0.6) is 0 Å². The van der Waals surface area contributed by atoms with Crippen LogP contribution in [-0.4, -0.2) is 5.11 Å². The van der Waals surface area contributed by atoms with Crippen molar-refractivity contribution < 1.29 is 5.11 Å². The fourth-order valence-corrected chi connectivity index (χ4v) is 8.96. The Hall–Kier alpha value is -2.80. The molecule has 0 radical (unpaired) electrons. The first-order valence-corrected chi connectivity index (χ1v) is 18.7. The maximum absolute atomic E-state index is 11.9. The Labute approximate surface area is 310 Å². The van der Waals surface area contributed by atoms with E-state index >= 15 is 0 Å². The lowest BCUT2D eigenvalue weighted by atomic mass is 9.83. The second-order valence-electron chi connectivity index (χ2n) is 12.8. The molecule has 5 heteroatoms. The zero-order chi connectivity index (χ0) is 33.2. The van der Waals surface area contributed by atoms with Crippen molar-refractivity contribution in [1.29, 1.82) is 0 Å². The summed E-state index contributed by atoms with van der Waals surface area (Å²) in [6, 6.07) is 38.7. The number of hydrogen-bond donors (Lipinski definition) is 1. The normalized spacial score (nSPS) is 13.7. The van der Waals surface area contributed by atoms with Crippen molar-refractivity contribution in [3.8, 4) is 22.3 Å². The highest BCUT2D eigenvalue weighted by molar-refractivity contribution is 9.11. The first-order chi connectivity index (χ1) is 22.4. The molecule has 0 bridgehead atoms. The van der Waals surface area contributed by atoms with Gasteiger partial charge in [-0.3, -0.25) is 0 Å². The monoisotopic (exact) mass is 868 g/mol. The minimum absolute atomic E-state index is 0.300. The van der Waals surface area contributed by atoms with Gasteiger partial charge in [0.1, 0.15) is 5.60 Å². The van der Waals surface area contributed by atoms with Gasteiger partial charge in [0, 0.05) is 34.9 Å². The molecule has 1 N–H and O–H groups in total. The molecule has 6 aromatic carbocycles. The molecule has 0 unspecified atom stereocenters. The van der Waals surface area contributed by atoms with Gasteiger partial charge in [-0.2, -0.15) is 0 Å². The number of aryl methyl sites for hydroxylation is 4. The second-order valence-corrected chi connectivity index (χ2v) is 16.4. The summed E-state index contributed by atoms with van der Waals surface area (Å²) in [6.07, 6.45) is 0. The van der Waals surface area contributed by atoms with E-state index in [-0.39, 0.29) is 0 Å². The summed E-state index contributed by atoms with van der Waals surface area (Å²) in [7, 11) is 0. The Morgan fingerprint density at radius 1 is 0.447 bits per heavy atom. The van der Waals surface area contributed by atoms with Gasteiger partial charge in [0.05, 0.1) is 0 Å². The molecule has 2 aliphatic carbocycles. The van der Waals surface area contributed by atoms with Gasteiger partial charge >= 0.3 is 0 Å². The average Bonchev–Trinajstić information content (AvgIpc) is 3.45. The minimum Gasteiger partial charge on any atom is -0.376 e. The lowest BCUT2D eigenvalue weighted by Gasteiger charge is -2.27. The Bertz CT molecular complexity index is 2070. The summed E-state index contributed by atoms with van der Waals surface area (Å²) in [5.41, 5.74) is 15.6. The van der Waals surface area contributed by atoms with Crippen molar-refractivity contribution in [2.75, 3.05) is 0 Å². The Balaban J connectivity index is 0.000000150. The van der Waals surface area contributed by atoms with Crippen LogP contribution >= 0.6 is 63.7 Å². The number of hydrogen-bond acceptors (Lipinski definition) is 1. The van der Waals surface area contributed by atoms with E-state index in [1.165, 1.54) is 38.9 Å². The third-order valence-corrected chi connectivity index (χ3v) is 11.2. The van der Waals surface area contributed by atoms with E-state index in [2.05, 4.69) is 176 Å². The Morgan fingerprint density at radius 2 is 0.809 bits per heavy atom. The van der Waals surface area contributed by atoms with Crippen LogP contribution in [0.3, 0.4) is 0 Å². The third-order valence-electron chi connectivity index (χ3n) is 9.19. The fourth-order valence-electron chi connectivity index (χ4n) is 7.48. The van der Waals surface area contributed by atoms with Gasteiger partial charge in [0.25, 0.3) is 0 Å². The van der Waals surface area contributed by atoms with Crippen molar-refractivity contribution in [1.82, 2.24) is 0 Å². The highest BCUT2D eigenvalue weighted by atomic mass is 79.9. The van der Waals surface area contributed by atoms with Gasteiger partial charge < -0.3 is 5.11 Å². The van der Waals surface area contributed by atoms with Crippen molar-refractivity contribution in [3.63, 3.8) is 0 Å². The molecule has 0 spiro atoms. The molecule has 2 aliphatic rings. The molecule has 8 rings (SSSR count). The van der Waals surface area contributed by atoms with Gasteiger partial charge in [0.15, 0.2) is 0 Å². The highest BCUT2D eigenvalue weighted by Gasteiger charge is 2.43. The van der Waals surface area contributed by atoms with E-state index in [1.807, 2.05) is 24.3 Å². The van der Waals surface area contributed by atoms with Crippen molar-refractivity contribution in [3.05, 3.63) is 183 Å². The van der Waals surface area contributed by atoms with Crippen LogP contribution in [0.1, 0.15) is 61.6 Å². The third kappa shape index (κ3) is 5.93. The maximum Gasteiger partial charge on any atom is 0.141 e. The lowest BCUT2D eigenvalue weighted by Crippen LogP contribution is -2.26. The molecule has 47 heavy (non-hydrogen) atoms. The molecule has 0 atom stereocenters. The standard InChI is InChI=1S/C21H16Br2O.C21H16Br2/c1-12-7-13(2)9-14(8-12)21(24)19-10-15(22)3-5-17(19)18-6-4-16(23)11-20(18)21;1-12-7-13(2)9-14(8-12)21-19-10-15(22)3-5-17(19)18-6-4-16(23)11-20(18)21/h3-11,24H,1-2H3;3-11,21H,1-2H3. The summed E-state index contributed by atoms with van der Waals surface area (Å²) in [5, 5.41) is 11.9. The minimum atomic E-state index is -1.14. The molecule has 0 aliphatic heterocycles. The molecule has 0 fully saturated rings. The Kier molecular flexibility index (Phi) is 8.76. The molecular formula is C42H32Br4O. The topological polar surface area (TPSA) is 20.2 Å². The van der Waals surface area contributed by atoms with Crippen LogP contribution in [0.2, 0.25) is 0 Å². The summed E-state index contributed by atoms with van der Waals surface area (Å²) in [4.78, 5) is 0. The first-order valence-electron chi connectivity index (χ1n) is 15.5. The van der Waals surface area contributed by atoms with Crippen LogP contribution in [0.25, 0.3) is 22.3 Å². The van der Waals surface area contributed by atoms with Gasteiger partial charge in [-0.1, -0.05) is 147 Å². The van der Waals surface area contributed by atoms with Crippen LogP contribution in [-0.2, 0) is 5.60 Å². The van der Waals surface area contributed by atoms with Crippen molar-refractivity contribution in [2.45, 2.75) is 39.2 Å². The molecule has 0 amide bonds. The van der Waals surface area contributed by atoms with Crippen LogP contribution in [0.4, 0.5) is 0 Å². The SMILES string of the molecule is Cc1cc(C)cc(C2(O)c3cc(Br)ccc3-c3ccc(Br)cc32)c1.Cc1cc(C)cc(C2c3cc(Br)ccc3-c3ccc(Br)cc32)c1. The summed E-state index contributed by atoms with van der Waals surface area (Å²) in [6.45, 7) is 8.49. The maximum atomic E-state index is 11.9. The molecule has 6 aromatic rings. The summed E-state index contributed by atoms with van der Waals surface area (Å²) < 4.78 is 4.21. The first kappa shape index (κ1) is 32.7. The van der Waals surface area contributed by atoms with Gasteiger partial charge in [-0.25, -0.2) is 0 Å². The quantitative estimate of drug-likeness (QED) is 0.184. The average molecular weight is 872 g/mol. The van der Waals surface area contributed by atoms with E-state index in [0.29, 0.717) is 5.92 Å². The summed E-state index contributed by atoms with van der Waals surface area (Å²) in [5.74, 6) is 0.300. The van der Waals surface area contributed by atoms with Crippen molar-refractivity contribution >= 4 is 63.7 Å². The zero-order valence-corrected chi connectivity index (χ0v) is 32.8. The number of benzene rings is 6. The predicted molar refractivity (Wildman–Crippen MR) is 209 cm³/mol. The summed E-state index contributed by atoms with van der Waals surface area (Å²) >= 11 is 14.4. The van der Waals surface area contributed by atoms with E-state index in [9.17, 15) is 5.11 Å². The highest BCUT2D eigenvalue weighted by Crippen LogP contribution is 2.53. The smallest absolute Gasteiger partial charge is 0.141 e. The molecule has 0 saturated heterocycles. The molecule has 0 aromatic heterocycles. The zero-order valence-electron chi connectivity index (χ0n) is 26.4. The van der Waals surface area contributed by atoms with Crippen LogP contribution in [0.15, 0.2) is 127 Å². The molecule has 1 nitrogen and oxygen atoms in total. The second kappa shape index (κ2) is 12.6. The molecule has 0 heterocycles. The van der Waals surface area contributed by atoms with E-state index in [0.717, 1.165) is 56.8 Å². The number of halogens is 4. The van der Waals surface area contributed by atoms with Crippen LogP contribution < -0.4 is 0 Å². The van der Waals surface area contributed by atoms with Crippen LogP contribution in [0, 0.1) is 27.7 Å². The van der Waals surface area contributed by atoms with Gasteiger partial charge in [0.2, 0.25) is 0 Å². The molecule has 0 saturated carbocycles. The fraction of sp³-hybridized carbons (Fsp3) is 0.143. The molecular weight excluding hydrogens is 840 g/mol. The lowest BCUT2D eigenvalue weighted by molar-refractivity contribution is 0.130. The van der Waals surface area contributed by atoms with Crippen molar-refractivity contribution in [2.24, 2.45) is 0 Å². The molecule has 234 valence electrons. The van der Waals surface area contributed by atoms with Gasteiger partial charge in [-0.05, 0) is 121 Å². The van der Waals surface area contributed by atoms with Gasteiger partial charge in [-0.15, -0.1) is 0 Å². The predicted octanol–water partition coefficient (Wildman–Crippen LogP) is 13.1. The number of fused-ring (bicyclic) bond motifs is 6.